The number of aliphatic hydroxyl groups excluding tert-OH is 2. The summed E-state index contributed by atoms with van der Waals surface area (Å²) in [5.41, 5.74) is -1.03. The number of aliphatic hydroxyl groups is 2. The van der Waals surface area contributed by atoms with E-state index in [4.69, 9.17) is 9.15 Å². The highest BCUT2D eigenvalue weighted by Gasteiger charge is 2.69. The number of hydrogen-bond acceptors (Lipinski definition) is 6. The lowest BCUT2D eigenvalue weighted by molar-refractivity contribution is -0.151. The van der Waals surface area contributed by atoms with Gasteiger partial charge in [0.25, 0.3) is 0 Å². The monoisotopic (exact) mass is 348 g/mol. The van der Waals surface area contributed by atoms with E-state index in [9.17, 15) is 19.8 Å². The summed E-state index contributed by atoms with van der Waals surface area (Å²) in [6.45, 7) is 7.48. The van der Waals surface area contributed by atoms with Crippen LogP contribution in [0.5, 0.6) is 0 Å². The lowest BCUT2D eigenvalue weighted by Crippen LogP contribution is -2.60. The highest BCUT2D eigenvalue weighted by atomic mass is 16.6. The first-order chi connectivity index (χ1) is 11.6. The van der Waals surface area contributed by atoms with Crippen molar-refractivity contribution < 1.29 is 24.2 Å². The number of hydrogen-bond donors (Lipinski definition) is 2. The summed E-state index contributed by atoms with van der Waals surface area (Å²) in [7, 11) is 0. The molecule has 136 valence electrons. The van der Waals surface area contributed by atoms with Gasteiger partial charge in [0, 0.05) is 28.9 Å². The van der Waals surface area contributed by atoms with Gasteiger partial charge >= 0.3 is 11.6 Å². The highest BCUT2D eigenvalue weighted by Crippen LogP contribution is 2.63. The zero-order valence-corrected chi connectivity index (χ0v) is 14.9. The van der Waals surface area contributed by atoms with Crippen LogP contribution < -0.4 is 5.63 Å². The second-order valence-electron chi connectivity index (χ2n) is 8.46. The Morgan fingerprint density at radius 1 is 1.24 bits per heavy atom. The molecule has 25 heavy (non-hydrogen) atoms. The number of ether oxygens (including phenoxy) is 1. The minimum absolute atomic E-state index is 0.123. The number of esters is 1. The third-order valence-electron chi connectivity index (χ3n) is 6.74. The van der Waals surface area contributed by atoms with Crippen LogP contribution in [0.15, 0.2) is 15.3 Å². The second-order valence-corrected chi connectivity index (χ2v) is 8.46. The molecule has 0 bridgehead atoms. The number of rotatable bonds is 1. The molecule has 1 aromatic heterocycles. The molecule has 6 atom stereocenters. The zero-order valence-electron chi connectivity index (χ0n) is 14.9. The second kappa shape index (κ2) is 4.95. The SMILES string of the molecule is CC(C)c1oc(=O)cc2c1[C@@H](O)[C@H]1OC(=O)[C@@]3(C)CC[C@@H](O)[C@@]2(C)C13. The van der Waals surface area contributed by atoms with Crippen molar-refractivity contribution in [3.63, 3.8) is 0 Å². The molecule has 6 heteroatoms. The van der Waals surface area contributed by atoms with Crippen LogP contribution in [-0.4, -0.2) is 28.4 Å². The summed E-state index contributed by atoms with van der Waals surface area (Å²) in [5, 5.41) is 21.9. The van der Waals surface area contributed by atoms with E-state index in [0.29, 0.717) is 29.7 Å². The quantitative estimate of drug-likeness (QED) is 0.751. The Morgan fingerprint density at radius 2 is 1.92 bits per heavy atom. The van der Waals surface area contributed by atoms with Crippen molar-refractivity contribution >= 4 is 5.97 Å². The summed E-state index contributed by atoms with van der Waals surface area (Å²) in [6.07, 6.45) is -1.58. The average Bonchev–Trinajstić information content (AvgIpc) is 2.82. The van der Waals surface area contributed by atoms with Crippen molar-refractivity contribution in [1.29, 1.82) is 0 Å². The Morgan fingerprint density at radius 3 is 2.56 bits per heavy atom. The summed E-state index contributed by atoms with van der Waals surface area (Å²) < 4.78 is 11.0. The van der Waals surface area contributed by atoms with Crippen LogP contribution in [0.2, 0.25) is 0 Å². The van der Waals surface area contributed by atoms with Gasteiger partial charge in [-0.3, -0.25) is 4.79 Å². The molecule has 2 aliphatic carbocycles. The Balaban J connectivity index is 2.07. The van der Waals surface area contributed by atoms with E-state index in [1.54, 1.807) is 0 Å². The van der Waals surface area contributed by atoms with E-state index < -0.39 is 34.8 Å². The highest BCUT2D eigenvalue weighted by molar-refractivity contribution is 5.81. The molecule has 1 aliphatic heterocycles. The fourth-order valence-corrected chi connectivity index (χ4v) is 5.48. The Kier molecular flexibility index (Phi) is 3.32. The normalized spacial score (nSPS) is 42.1. The fraction of sp³-hybridized carbons (Fsp3) is 0.684. The molecule has 2 fully saturated rings. The minimum atomic E-state index is -1.06. The first-order valence-electron chi connectivity index (χ1n) is 8.88. The van der Waals surface area contributed by atoms with Gasteiger partial charge in [-0.15, -0.1) is 0 Å². The summed E-state index contributed by atoms with van der Waals surface area (Å²) in [6, 6.07) is 1.37. The topological polar surface area (TPSA) is 97.0 Å². The predicted octanol–water partition coefficient (Wildman–Crippen LogP) is 1.77. The van der Waals surface area contributed by atoms with Crippen LogP contribution >= 0.6 is 0 Å². The van der Waals surface area contributed by atoms with Crippen molar-refractivity contribution in [2.75, 3.05) is 0 Å². The minimum Gasteiger partial charge on any atom is -0.458 e. The van der Waals surface area contributed by atoms with Crippen molar-refractivity contribution in [2.45, 2.75) is 70.2 Å². The van der Waals surface area contributed by atoms with Gasteiger partial charge in [-0.2, -0.15) is 0 Å². The first kappa shape index (κ1) is 16.8. The van der Waals surface area contributed by atoms with Gasteiger partial charge in [-0.25, -0.2) is 4.79 Å². The largest absolute Gasteiger partial charge is 0.458 e. The van der Waals surface area contributed by atoms with Crippen LogP contribution in [0, 0.1) is 11.3 Å². The average molecular weight is 348 g/mol. The van der Waals surface area contributed by atoms with E-state index in [1.807, 2.05) is 27.7 Å². The molecule has 3 aliphatic rings. The standard InChI is InChI=1S/C19H24O6/c1-8(2)14-12-9(7-11(21)24-14)19(4)10(20)5-6-18(3)16(19)15(13(12)22)25-17(18)23/h7-8,10,13,15-16,20,22H,5-6H2,1-4H3/t10-,13-,15-,16?,18+,19+/m1/s1. The maximum absolute atomic E-state index is 12.6. The first-order valence-corrected chi connectivity index (χ1v) is 8.88. The molecular weight excluding hydrogens is 324 g/mol. The number of fused-ring (bicyclic) bond motifs is 2. The van der Waals surface area contributed by atoms with Crippen molar-refractivity contribution in [1.82, 2.24) is 0 Å². The van der Waals surface area contributed by atoms with Crippen LogP contribution in [-0.2, 0) is 14.9 Å². The summed E-state index contributed by atoms with van der Waals surface area (Å²) in [4.78, 5) is 24.8. The Bertz CT molecular complexity index is 811. The van der Waals surface area contributed by atoms with E-state index in [1.165, 1.54) is 6.07 Å². The van der Waals surface area contributed by atoms with E-state index >= 15 is 0 Å². The lowest BCUT2D eigenvalue weighted by Gasteiger charge is -2.54. The van der Waals surface area contributed by atoms with Crippen LogP contribution in [0.3, 0.4) is 0 Å². The Hall–Kier alpha value is -1.66. The number of carbonyl (C=O) groups excluding carboxylic acids is 1. The van der Waals surface area contributed by atoms with Gasteiger partial charge in [0.15, 0.2) is 0 Å². The molecule has 2 N–H and O–H groups in total. The molecule has 1 saturated heterocycles. The molecule has 0 radical (unpaired) electrons. The van der Waals surface area contributed by atoms with Crippen molar-refractivity contribution in [3.8, 4) is 0 Å². The predicted molar refractivity (Wildman–Crippen MR) is 88.1 cm³/mol. The molecule has 2 heterocycles. The van der Waals surface area contributed by atoms with Gasteiger partial charge in [0.2, 0.25) is 0 Å². The molecule has 6 nitrogen and oxygen atoms in total. The van der Waals surface area contributed by atoms with Crippen molar-refractivity contribution in [2.24, 2.45) is 11.3 Å². The summed E-state index contributed by atoms with van der Waals surface area (Å²) in [5.74, 6) is -0.447. The molecule has 1 aromatic rings. The third kappa shape index (κ3) is 1.87. The Labute approximate surface area is 145 Å². The van der Waals surface area contributed by atoms with Crippen LogP contribution in [0.4, 0.5) is 0 Å². The molecule has 1 unspecified atom stereocenters. The van der Waals surface area contributed by atoms with Crippen molar-refractivity contribution in [3.05, 3.63) is 33.4 Å². The van der Waals surface area contributed by atoms with Crippen LogP contribution in [0.1, 0.15) is 69.4 Å². The molecule has 0 spiro atoms. The zero-order chi connectivity index (χ0) is 18.3. The van der Waals surface area contributed by atoms with Gasteiger partial charge < -0.3 is 19.4 Å². The maximum Gasteiger partial charge on any atom is 0.336 e. The molecule has 0 amide bonds. The molecule has 0 aromatic carbocycles. The molecule has 1 saturated carbocycles. The van der Waals surface area contributed by atoms with Gasteiger partial charge in [-0.05, 0) is 25.3 Å². The van der Waals surface area contributed by atoms with Gasteiger partial charge in [-0.1, -0.05) is 20.8 Å². The molecule has 4 rings (SSSR count). The number of carbonyl (C=O) groups is 1. The smallest absolute Gasteiger partial charge is 0.336 e. The van der Waals surface area contributed by atoms with E-state index in [-0.39, 0.29) is 17.8 Å². The maximum atomic E-state index is 12.6. The van der Waals surface area contributed by atoms with Gasteiger partial charge in [0.05, 0.1) is 11.5 Å². The lowest BCUT2D eigenvalue weighted by atomic mass is 9.48. The van der Waals surface area contributed by atoms with E-state index in [2.05, 4.69) is 0 Å². The summed E-state index contributed by atoms with van der Waals surface area (Å²) >= 11 is 0. The van der Waals surface area contributed by atoms with Gasteiger partial charge in [0.1, 0.15) is 18.0 Å². The fourth-order valence-electron chi connectivity index (χ4n) is 5.48. The third-order valence-corrected chi connectivity index (χ3v) is 6.74. The molecular formula is C19H24O6. The van der Waals surface area contributed by atoms with Crippen LogP contribution in [0.25, 0.3) is 0 Å². The van der Waals surface area contributed by atoms with E-state index in [0.717, 1.165) is 0 Å².